The van der Waals surface area contributed by atoms with E-state index in [-0.39, 0.29) is 0 Å². The van der Waals surface area contributed by atoms with Crippen molar-refractivity contribution in [3.05, 3.63) is 57.8 Å². The number of thiophene rings is 1. The highest BCUT2D eigenvalue weighted by molar-refractivity contribution is 7.07. The summed E-state index contributed by atoms with van der Waals surface area (Å²) in [7, 11) is 0. The lowest BCUT2D eigenvalue weighted by Gasteiger charge is -2.16. The predicted molar refractivity (Wildman–Crippen MR) is 103 cm³/mol. The van der Waals surface area contributed by atoms with Gasteiger partial charge in [0.25, 0.3) is 0 Å². The first-order valence-electron chi connectivity index (χ1n) is 8.39. The molecule has 2 rings (SSSR count). The van der Waals surface area contributed by atoms with Crippen LogP contribution in [0.1, 0.15) is 42.6 Å². The van der Waals surface area contributed by atoms with E-state index in [9.17, 15) is 5.11 Å². The molecule has 0 aliphatic carbocycles. The van der Waals surface area contributed by atoms with Gasteiger partial charge in [0.1, 0.15) is 0 Å². The lowest BCUT2D eigenvalue weighted by Crippen LogP contribution is -2.39. The monoisotopic (exact) mass is 345 g/mol. The van der Waals surface area contributed by atoms with Gasteiger partial charge in [0, 0.05) is 25.6 Å². The Balaban J connectivity index is 1.90. The van der Waals surface area contributed by atoms with Crippen LogP contribution < -0.4 is 10.6 Å². The molecule has 130 valence electrons. The van der Waals surface area contributed by atoms with Crippen molar-refractivity contribution < 1.29 is 5.11 Å². The fourth-order valence-electron chi connectivity index (χ4n) is 2.33. The van der Waals surface area contributed by atoms with Gasteiger partial charge >= 0.3 is 0 Å². The largest absolute Gasteiger partial charge is 0.387 e. The standard InChI is InChI=1S/C19H27N3OS/c1-4-20-19(21-11-15(3)17-9-10-24-13-17)22-12-18(23)16-7-5-14(2)6-8-16/h5-10,13,15,18,23H,4,11-12H2,1-3H3,(H2,20,21,22). The number of benzene rings is 1. The van der Waals surface area contributed by atoms with E-state index < -0.39 is 6.10 Å². The van der Waals surface area contributed by atoms with E-state index in [1.807, 2.05) is 38.1 Å². The SMILES string of the molecule is CCNC(=NCC(C)c1ccsc1)NCC(O)c1ccc(C)cc1. The van der Waals surface area contributed by atoms with Crippen molar-refractivity contribution in [3.8, 4) is 0 Å². The minimum Gasteiger partial charge on any atom is -0.387 e. The van der Waals surface area contributed by atoms with Crippen molar-refractivity contribution in [1.82, 2.24) is 10.6 Å². The molecule has 3 N–H and O–H groups in total. The number of hydrogen-bond donors (Lipinski definition) is 3. The number of nitrogens with one attached hydrogen (secondary N) is 2. The fourth-order valence-corrected chi connectivity index (χ4v) is 3.11. The van der Waals surface area contributed by atoms with E-state index in [0.717, 1.165) is 18.1 Å². The van der Waals surface area contributed by atoms with Gasteiger partial charge < -0.3 is 15.7 Å². The maximum Gasteiger partial charge on any atom is 0.191 e. The Kier molecular flexibility index (Phi) is 7.28. The van der Waals surface area contributed by atoms with Crippen LogP contribution in [0.4, 0.5) is 0 Å². The van der Waals surface area contributed by atoms with Crippen molar-refractivity contribution in [2.45, 2.75) is 32.8 Å². The first-order chi connectivity index (χ1) is 11.6. The van der Waals surface area contributed by atoms with Crippen molar-refractivity contribution in [3.63, 3.8) is 0 Å². The Morgan fingerprint density at radius 3 is 2.54 bits per heavy atom. The van der Waals surface area contributed by atoms with Gasteiger partial charge in [-0.2, -0.15) is 11.3 Å². The molecule has 0 bridgehead atoms. The molecule has 4 nitrogen and oxygen atoms in total. The van der Waals surface area contributed by atoms with Gasteiger partial charge in [0.15, 0.2) is 5.96 Å². The summed E-state index contributed by atoms with van der Waals surface area (Å²) in [5, 5.41) is 21.0. The average molecular weight is 346 g/mol. The van der Waals surface area contributed by atoms with E-state index in [2.05, 4.69) is 39.4 Å². The predicted octanol–water partition coefficient (Wildman–Crippen LogP) is 3.45. The molecule has 24 heavy (non-hydrogen) atoms. The molecule has 0 aliphatic rings. The summed E-state index contributed by atoms with van der Waals surface area (Å²) in [5.41, 5.74) is 3.42. The third-order valence-corrected chi connectivity index (χ3v) is 4.61. The first kappa shape index (κ1) is 18.5. The van der Waals surface area contributed by atoms with Crippen molar-refractivity contribution >= 4 is 17.3 Å². The molecule has 0 saturated carbocycles. The Morgan fingerprint density at radius 2 is 1.92 bits per heavy atom. The van der Waals surface area contributed by atoms with Crippen LogP contribution in [0, 0.1) is 6.92 Å². The highest BCUT2D eigenvalue weighted by atomic mass is 32.1. The summed E-state index contributed by atoms with van der Waals surface area (Å²) in [4.78, 5) is 4.64. The summed E-state index contributed by atoms with van der Waals surface area (Å²) in [6.07, 6.45) is -0.552. The zero-order chi connectivity index (χ0) is 17.4. The van der Waals surface area contributed by atoms with Gasteiger partial charge in [0.2, 0.25) is 0 Å². The Morgan fingerprint density at radius 1 is 1.17 bits per heavy atom. The number of hydrogen-bond acceptors (Lipinski definition) is 3. The van der Waals surface area contributed by atoms with Crippen LogP contribution >= 0.6 is 11.3 Å². The highest BCUT2D eigenvalue weighted by Crippen LogP contribution is 2.18. The van der Waals surface area contributed by atoms with E-state index in [0.29, 0.717) is 19.0 Å². The molecule has 2 atom stereocenters. The average Bonchev–Trinajstić information content (AvgIpc) is 3.12. The van der Waals surface area contributed by atoms with E-state index in [1.165, 1.54) is 11.1 Å². The number of aliphatic imine (C=N–C) groups is 1. The lowest BCUT2D eigenvalue weighted by molar-refractivity contribution is 0.181. The van der Waals surface area contributed by atoms with Gasteiger partial charge in [-0.15, -0.1) is 0 Å². The van der Waals surface area contributed by atoms with Gasteiger partial charge in [-0.1, -0.05) is 36.8 Å². The van der Waals surface area contributed by atoms with Gasteiger partial charge in [-0.25, -0.2) is 0 Å². The molecule has 0 fully saturated rings. The van der Waals surface area contributed by atoms with E-state index in [4.69, 9.17) is 0 Å². The third kappa shape index (κ3) is 5.65. The van der Waals surface area contributed by atoms with Crippen LogP contribution in [-0.4, -0.2) is 30.7 Å². The molecule has 1 aromatic carbocycles. The van der Waals surface area contributed by atoms with E-state index in [1.54, 1.807) is 11.3 Å². The smallest absolute Gasteiger partial charge is 0.191 e. The maximum atomic E-state index is 10.3. The quantitative estimate of drug-likeness (QED) is 0.532. The molecule has 0 radical (unpaired) electrons. The van der Waals surface area contributed by atoms with Crippen LogP contribution in [-0.2, 0) is 0 Å². The summed E-state index contributed by atoms with van der Waals surface area (Å²) >= 11 is 1.71. The van der Waals surface area contributed by atoms with Gasteiger partial charge in [0.05, 0.1) is 6.10 Å². The van der Waals surface area contributed by atoms with Crippen molar-refractivity contribution in [2.24, 2.45) is 4.99 Å². The fraction of sp³-hybridized carbons (Fsp3) is 0.421. The number of guanidine groups is 1. The van der Waals surface area contributed by atoms with Crippen LogP contribution in [0.3, 0.4) is 0 Å². The number of aryl methyl sites for hydroxylation is 1. The second-order valence-electron chi connectivity index (χ2n) is 5.98. The number of aliphatic hydroxyl groups excluding tert-OH is 1. The normalized spacial score (nSPS) is 14.2. The van der Waals surface area contributed by atoms with Crippen LogP contribution in [0.2, 0.25) is 0 Å². The van der Waals surface area contributed by atoms with Gasteiger partial charge in [-0.3, -0.25) is 4.99 Å². The molecular formula is C19H27N3OS. The van der Waals surface area contributed by atoms with Gasteiger partial charge in [-0.05, 0) is 41.8 Å². The molecule has 0 amide bonds. The molecule has 0 saturated heterocycles. The summed E-state index contributed by atoms with van der Waals surface area (Å²) < 4.78 is 0. The molecule has 1 aromatic heterocycles. The lowest BCUT2D eigenvalue weighted by atomic mass is 10.1. The topological polar surface area (TPSA) is 56.7 Å². The molecule has 2 unspecified atom stereocenters. The molecule has 5 heteroatoms. The molecular weight excluding hydrogens is 318 g/mol. The Bertz CT molecular complexity index is 623. The van der Waals surface area contributed by atoms with Crippen LogP contribution in [0.25, 0.3) is 0 Å². The summed E-state index contributed by atoms with van der Waals surface area (Å²) in [6.45, 7) is 8.19. The zero-order valence-electron chi connectivity index (χ0n) is 14.6. The first-order valence-corrected chi connectivity index (χ1v) is 9.33. The molecule has 0 aliphatic heterocycles. The summed E-state index contributed by atoms with van der Waals surface area (Å²) in [6, 6.07) is 10.1. The summed E-state index contributed by atoms with van der Waals surface area (Å²) in [5.74, 6) is 1.12. The minimum atomic E-state index is -0.552. The van der Waals surface area contributed by atoms with Crippen molar-refractivity contribution in [2.75, 3.05) is 19.6 Å². The molecule has 0 spiro atoms. The number of nitrogens with zero attached hydrogens (tertiary/aromatic N) is 1. The number of rotatable bonds is 7. The number of aliphatic hydroxyl groups is 1. The molecule has 2 aromatic rings. The van der Waals surface area contributed by atoms with Crippen molar-refractivity contribution in [1.29, 1.82) is 0 Å². The second kappa shape index (κ2) is 9.45. The Labute approximate surface area is 148 Å². The second-order valence-corrected chi connectivity index (χ2v) is 6.76. The minimum absolute atomic E-state index is 0.383. The third-order valence-electron chi connectivity index (χ3n) is 3.90. The van der Waals surface area contributed by atoms with Crippen LogP contribution in [0.15, 0.2) is 46.1 Å². The van der Waals surface area contributed by atoms with Crippen LogP contribution in [0.5, 0.6) is 0 Å². The maximum absolute atomic E-state index is 10.3. The zero-order valence-corrected chi connectivity index (χ0v) is 15.4. The highest BCUT2D eigenvalue weighted by Gasteiger charge is 2.09. The molecule has 1 heterocycles. The van der Waals surface area contributed by atoms with E-state index >= 15 is 0 Å². The Hall–Kier alpha value is -1.85.